The number of hydrogen-bond acceptors (Lipinski definition) is 3. The summed E-state index contributed by atoms with van der Waals surface area (Å²) in [5.74, 6) is 3.24. The number of aryl methyl sites for hydroxylation is 2. The molecule has 0 saturated heterocycles. The van der Waals surface area contributed by atoms with Crippen molar-refractivity contribution in [3.8, 4) is 0 Å². The molecule has 3 heterocycles. The Bertz CT molecular complexity index is 780. The third-order valence-electron chi connectivity index (χ3n) is 3.45. The summed E-state index contributed by atoms with van der Waals surface area (Å²) in [5, 5.41) is 0. The van der Waals surface area contributed by atoms with Gasteiger partial charge >= 0.3 is 0 Å². The van der Waals surface area contributed by atoms with E-state index in [9.17, 15) is 0 Å². The monoisotopic (exact) mass is 367 g/mol. The summed E-state index contributed by atoms with van der Waals surface area (Å²) in [5.41, 5.74) is 1.71. The number of nitrogens with zero attached hydrogens (tertiary/aromatic N) is 3. The van der Waals surface area contributed by atoms with Crippen LogP contribution < -0.4 is 0 Å². The van der Waals surface area contributed by atoms with E-state index in [4.69, 9.17) is 16.0 Å². The van der Waals surface area contributed by atoms with Gasteiger partial charge in [-0.3, -0.25) is 0 Å². The van der Waals surface area contributed by atoms with Crippen molar-refractivity contribution in [3.05, 3.63) is 46.2 Å². The molecule has 0 spiro atoms. The van der Waals surface area contributed by atoms with Crippen LogP contribution >= 0.6 is 27.5 Å². The van der Waals surface area contributed by atoms with Gasteiger partial charge in [0.25, 0.3) is 0 Å². The molecule has 0 aliphatic rings. The summed E-state index contributed by atoms with van der Waals surface area (Å²) in [6.45, 7) is 4.03. The summed E-state index contributed by atoms with van der Waals surface area (Å²) in [4.78, 5) is 9.17. The first kappa shape index (κ1) is 14.6. The second-order valence-electron chi connectivity index (χ2n) is 4.96. The van der Waals surface area contributed by atoms with Crippen LogP contribution in [0.3, 0.4) is 0 Å². The first-order chi connectivity index (χ1) is 10.1. The lowest BCUT2D eigenvalue weighted by molar-refractivity contribution is 0.427. The maximum absolute atomic E-state index is 5.92. The predicted molar refractivity (Wildman–Crippen MR) is 86.9 cm³/mol. The normalized spacial score (nSPS) is 13.0. The fraction of sp³-hybridized carbons (Fsp3) is 0.333. The van der Waals surface area contributed by atoms with E-state index in [0.29, 0.717) is 12.3 Å². The van der Waals surface area contributed by atoms with E-state index in [1.54, 1.807) is 6.20 Å². The Hall–Kier alpha value is -1.33. The standard InChI is InChI=1S/C15H15BrClN3O/c1-9-3-4-13(21-9)10(2)20-14(5-6-17)19-12-7-11(16)8-18-15(12)20/h3-4,7-8,10H,5-6H2,1-2H3. The highest BCUT2D eigenvalue weighted by Gasteiger charge is 2.20. The fourth-order valence-corrected chi connectivity index (χ4v) is 2.97. The molecule has 1 atom stereocenters. The summed E-state index contributed by atoms with van der Waals surface area (Å²) in [6, 6.07) is 5.96. The minimum atomic E-state index is 0.0237. The Morgan fingerprint density at radius 3 is 2.90 bits per heavy atom. The highest BCUT2D eigenvalue weighted by atomic mass is 79.9. The van der Waals surface area contributed by atoms with E-state index >= 15 is 0 Å². The molecule has 3 rings (SSSR count). The molecular weight excluding hydrogens is 354 g/mol. The molecule has 1 unspecified atom stereocenters. The molecule has 0 aliphatic carbocycles. The Morgan fingerprint density at radius 1 is 1.43 bits per heavy atom. The number of furan rings is 1. The van der Waals surface area contributed by atoms with E-state index in [-0.39, 0.29) is 6.04 Å². The SMILES string of the molecule is Cc1ccc(C(C)n2c(CCCl)nc3cc(Br)cnc32)o1. The van der Waals surface area contributed by atoms with Crippen LogP contribution in [0.5, 0.6) is 0 Å². The van der Waals surface area contributed by atoms with Gasteiger partial charge in [-0.25, -0.2) is 9.97 Å². The minimum Gasteiger partial charge on any atom is -0.464 e. The van der Waals surface area contributed by atoms with Crippen molar-refractivity contribution in [3.63, 3.8) is 0 Å². The summed E-state index contributed by atoms with van der Waals surface area (Å²) < 4.78 is 8.77. The van der Waals surface area contributed by atoms with Crippen LogP contribution in [0.1, 0.15) is 30.3 Å². The van der Waals surface area contributed by atoms with Crippen LogP contribution in [0.25, 0.3) is 11.2 Å². The average Bonchev–Trinajstić information content (AvgIpc) is 3.01. The van der Waals surface area contributed by atoms with E-state index in [2.05, 4.69) is 37.4 Å². The van der Waals surface area contributed by atoms with Crippen LogP contribution in [0.4, 0.5) is 0 Å². The van der Waals surface area contributed by atoms with Gasteiger partial charge in [0.1, 0.15) is 22.9 Å². The van der Waals surface area contributed by atoms with Gasteiger partial charge in [0.15, 0.2) is 5.65 Å². The summed E-state index contributed by atoms with van der Waals surface area (Å²) in [7, 11) is 0. The quantitative estimate of drug-likeness (QED) is 0.637. The van der Waals surface area contributed by atoms with E-state index in [0.717, 1.165) is 33.0 Å². The van der Waals surface area contributed by atoms with E-state index in [1.165, 1.54) is 0 Å². The average molecular weight is 369 g/mol. The van der Waals surface area contributed by atoms with Crippen molar-refractivity contribution in [2.24, 2.45) is 0 Å². The number of hydrogen-bond donors (Lipinski definition) is 0. The summed E-state index contributed by atoms with van der Waals surface area (Å²) in [6.07, 6.45) is 2.48. The molecule has 3 aromatic rings. The molecule has 0 saturated carbocycles. The lowest BCUT2D eigenvalue weighted by Crippen LogP contribution is -2.11. The van der Waals surface area contributed by atoms with Gasteiger partial charge in [0.2, 0.25) is 0 Å². The Kier molecular flexibility index (Phi) is 4.04. The molecular formula is C15H15BrClN3O. The third kappa shape index (κ3) is 2.72. The number of aromatic nitrogens is 3. The van der Waals surface area contributed by atoms with E-state index < -0.39 is 0 Å². The van der Waals surface area contributed by atoms with Crippen molar-refractivity contribution in [2.45, 2.75) is 26.3 Å². The molecule has 110 valence electrons. The third-order valence-corrected chi connectivity index (χ3v) is 4.07. The molecule has 3 aromatic heterocycles. The Labute approximate surface area is 136 Å². The maximum Gasteiger partial charge on any atom is 0.160 e. The van der Waals surface area contributed by atoms with Crippen molar-refractivity contribution in [1.82, 2.24) is 14.5 Å². The van der Waals surface area contributed by atoms with Crippen LogP contribution in [-0.2, 0) is 6.42 Å². The van der Waals surface area contributed by atoms with Crippen LogP contribution in [0, 0.1) is 6.92 Å². The lowest BCUT2D eigenvalue weighted by atomic mass is 10.2. The van der Waals surface area contributed by atoms with E-state index in [1.807, 2.05) is 25.1 Å². The number of imidazole rings is 1. The highest BCUT2D eigenvalue weighted by Crippen LogP contribution is 2.27. The second kappa shape index (κ2) is 5.81. The zero-order chi connectivity index (χ0) is 15.0. The zero-order valence-corrected chi connectivity index (χ0v) is 14.1. The summed E-state index contributed by atoms with van der Waals surface area (Å²) >= 11 is 9.35. The first-order valence-corrected chi connectivity index (χ1v) is 8.07. The topological polar surface area (TPSA) is 43.9 Å². The smallest absolute Gasteiger partial charge is 0.160 e. The molecule has 0 fully saturated rings. The Morgan fingerprint density at radius 2 is 2.24 bits per heavy atom. The van der Waals surface area contributed by atoms with Gasteiger partial charge < -0.3 is 8.98 Å². The molecule has 0 amide bonds. The lowest BCUT2D eigenvalue weighted by Gasteiger charge is -2.14. The molecule has 0 N–H and O–H groups in total. The van der Waals surface area contributed by atoms with Gasteiger partial charge in [0, 0.05) is 23.0 Å². The number of pyridine rings is 1. The number of halogens is 2. The zero-order valence-electron chi connectivity index (χ0n) is 11.8. The molecule has 4 nitrogen and oxygen atoms in total. The number of alkyl halides is 1. The van der Waals surface area contributed by atoms with Gasteiger partial charge in [-0.05, 0) is 48.0 Å². The second-order valence-corrected chi connectivity index (χ2v) is 6.25. The highest BCUT2D eigenvalue weighted by molar-refractivity contribution is 9.10. The van der Waals surface area contributed by atoms with Crippen LogP contribution in [-0.4, -0.2) is 20.4 Å². The Balaban J connectivity index is 2.16. The number of fused-ring (bicyclic) bond motifs is 1. The van der Waals surface area contributed by atoms with Gasteiger partial charge in [-0.1, -0.05) is 0 Å². The fourth-order valence-electron chi connectivity index (χ4n) is 2.48. The van der Waals surface area contributed by atoms with Crippen molar-refractivity contribution in [1.29, 1.82) is 0 Å². The molecule has 0 aromatic carbocycles. The molecule has 0 bridgehead atoms. The maximum atomic E-state index is 5.92. The van der Waals surface area contributed by atoms with Crippen molar-refractivity contribution in [2.75, 3.05) is 5.88 Å². The number of rotatable bonds is 4. The molecule has 0 radical (unpaired) electrons. The largest absolute Gasteiger partial charge is 0.464 e. The molecule has 0 aliphatic heterocycles. The molecule has 21 heavy (non-hydrogen) atoms. The van der Waals surface area contributed by atoms with Crippen molar-refractivity contribution < 1.29 is 4.42 Å². The van der Waals surface area contributed by atoms with Crippen LogP contribution in [0.2, 0.25) is 0 Å². The van der Waals surface area contributed by atoms with Gasteiger partial charge in [-0.15, -0.1) is 11.6 Å². The van der Waals surface area contributed by atoms with Gasteiger partial charge in [0.05, 0.1) is 6.04 Å². The van der Waals surface area contributed by atoms with Crippen LogP contribution in [0.15, 0.2) is 33.3 Å². The van der Waals surface area contributed by atoms with Gasteiger partial charge in [-0.2, -0.15) is 0 Å². The van der Waals surface area contributed by atoms with Crippen molar-refractivity contribution >= 4 is 38.7 Å². The minimum absolute atomic E-state index is 0.0237. The molecule has 6 heteroatoms. The first-order valence-electron chi connectivity index (χ1n) is 6.75. The predicted octanol–water partition coefficient (Wildman–Crippen LogP) is 4.49.